The third-order valence-electron chi connectivity index (χ3n) is 4.75. The van der Waals surface area contributed by atoms with Crippen molar-refractivity contribution in [1.29, 1.82) is 0 Å². The van der Waals surface area contributed by atoms with Crippen molar-refractivity contribution in [2.24, 2.45) is 4.99 Å². The molecule has 0 atom stereocenters. The summed E-state index contributed by atoms with van der Waals surface area (Å²) in [5, 5.41) is 18.3. The molecule has 7 nitrogen and oxygen atoms in total. The van der Waals surface area contributed by atoms with Crippen LogP contribution in [-0.4, -0.2) is 93.7 Å². The second-order valence-electron chi connectivity index (χ2n) is 6.85. The van der Waals surface area contributed by atoms with Gasteiger partial charge in [-0.1, -0.05) is 58.3 Å². The van der Waals surface area contributed by atoms with Crippen LogP contribution < -0.4 is 0 Å². The molecule has 0 fully saturated rings. The number of nitrogens with zero attached hydrogens (tertiary/aromatic N) is 2. The number of hydrogen-bond acceptors (Lipinski definition) is 4. The van der Waals surface area contributed by atoms with Crippen molar-refractivity contribution in [3.8, 4) is 0 Å². The van der Waals surface area contributed by atoms with Crippen molar-refractivity contribution < 1.29 is 29.8 Å². The molecule has 1 rings (SSSR count). The molecule has 0 saturated heterocycles. The monoisotopic (exact) mass is 381 g/mol. The molecular formula is C18H34N2NaO5. The van der Waals surface area contributed by atoms with Crippen LogP contribution in [0.15, 0.2) is 4.99 Å². The van der Waals surface area contributed by atoms with Crippen molar-refractivity contribution in [1.82, 2.24) is 0 Å². The number of hydrogen-bond donors (Lipinski definition) is 2. The summed E-state index contributed by atoms with van der Waals surface area (Å²) in [6, 6.07) is 0. The van der Waals surface area contributed by atoms with Crippen molar-refractivity contribution in [2.45, 2.75) is 71.1 Å². The molecule has 0 saturated carbocycles. The number of unbranched alkanes of at least 4 members (excludes halogenated alkanes) is 8. The molecule has 0 bridgehead atoms. The maximum Gasteiger partial charge on any atom is 0.359 e. The Balaban J connectivity index is 0. The first kappa shape index (κ1) is 27.7. The van der Waals surface area contributed by atoms with E-state index in [9.17, 15) is 9.59 Å². The topological polar surface area (TPSA) is 117 Å². The largest absolute Gasteiger partial charge is 0.870 e. The number of quaternary nitrogens is 1. The standard InChI is InChI=1S/C18H32N2O4.Na.H2O/c1-2-3-4-5-6-7-8-9-10-11-16-19-12-13-20(16,14-17(21)22)15-18(23)24;;/h2-15H2,1H3,(H-,21,22,23,24);;1H2. The minimum Gasteiger partial charge on any atom is -0.870 e. The van der Waals surface area contributed by atoms with Gasteiger partial charge in [0.2, 0.25) is 0 Å². The van der Waals surface area contributed by atoms with Crippen LogP contribution in [-0.2, 0) is 9.59 Å². The number of amidine groups is 1. The van der Waals surface area contributed by atoms with Gasteiger partial charge in [0.1, 0.15) is 6.54 Å². The number of aliphatic imine (C=N–C) groups is 1. The Morgan fingerprint density at radius 3 is 1.85 bits per heavy atom. The Kier molecular flexibility index (Phi) is 16.6. The first-order valence-corrected chi connectivity index (χ1v) is 9.34. The molecule has 1 radical (unpaired) electrons. The summed E-state index contributed by atoms with van der Waals surface area (Å²) in [4.78, 5) is 26.7. The van der Waals surface area contributed by atoms with E-state index in [0.29, 0.717) is 13.1 Å². The fourth-order valence-corrected chi connectivity index (χ4v) is 3.47. The number of carboxylic acids is 2. The van der Waals surface area contributed by atoms with Gasteiger partial charge in [0.25, 0.3) is 0 Å². The van der Waals surface area contributed by atoms with Crippen LogP contribution in [0, 0.1) is 0 Å². The van der Waals surface area contributed by atoms with Crippen LogP contribution in [0.1, 0.15) is 71.1 Å². The molecule has 0 aliphatic carbocycles. The summed E-state index contributed by atoms with van der Waals surface area (Å²) < 4.78 is 0.00167. The van der Waals surface area contributed by atoms with Crippen molar-refractivity contribution in [3.05, 3.63) is 0 Å². The van der Waals surface area contributed by atoms with Crippen LogP contribution in [0.4, 0.5) is 0 Å². The third-order valence-corrected chi connectivity index (χ3v) is 4.75. The fourth-order valence-electron chi connectivity index (χ4n) is 3.47. The molecule has 0 unspecified atom stereocenters. The Morgan fingerprint density at radius 2 is 1.38 bits per heavy atom. The minimum atomic E-state index is -0.960. The van der Waals surface area contributed by atoms with Crippen LogP contribution in [0.2, 0.25) is 0 Å². The second-order valence-corrected chi connectivity index (χ2v) is 6.85. The van der Waals surface area contributed by atoms with Crippen LogP contribution in [0.5, 0.6) is 0 Å². The van der Waals surface area contributed by atoms with E-state index in [-0.39, 0.29) is 52.6 Å². The van der Waals surface area contributed by atoms with Gasteiger partial charge in [-0.2, -0.15) is 0 Å². The normalized spacial score (nSPS) is 14.9. The molecule has 147 valence electrons. The molecule has 3 N–H and O–H groups in total. The Hall–Kier alpha value is -0.470. The van der Waals surface area contributed by atoms with Crippen molar-refractivity contribution in [3.63, 3.8) is 0 Å². The third kappa shape index (κ3) is 10.6. The zero-order chi connectivity index (χ0) is 17.8. The molecule has 26 heavy (non-hydrogen) atoms. The second kappa shape index (κ2) is 15.6. The Bertz CT molecular complexity index is 427. The molecular weight excluding hydrogens is 347 g/mol. The fraction of sp³-hybridized carbons (Fsp3) is 0.833. The average molecular weight is 381 g/mol. The smallest absolute Gasteiger partial charge is 0.359 e. The van der Waals surface area contributed by atoms with Gasteiger partial charge in [0, 0.05) is 36.0 Å². The van der Waals surface area contributed by atoms with Crippen LogP contribution in [0.25, 0.3) is 0 Å². The van der Waals surface area contributed by atoms with Crippen LogP contribution in [0.3, 0.4) is 0 Å². The van der Waals surface area contributed by atoms with Gasteiger partial charge in [-0.25, -0.2) is 14.6 Å². The minimum absolute atomic E-state index is 0. The summed E-state index contributed by atoms with van der Waals surface area (Å²) in [7, 11) is 0. The molecule has 0 amide bonds. The molecule has 1 aliphatic rings. The predicted octanol–water partition coefficient (Wildman–Crippen LogP) is 2.75. The van der Waals surface area contributed by atoms with E-state index in [4.69, 9.17) is 10.2 Å². The summed E-state index contributed by atoms with van der Waals surface area (Å²) in [5.74, 6) is -1.15. The molecule has 8 heteroatoms. The molecule has 0 aromatic heterocycles. The van der Waals surface area contributed by atoms with Gasteiger partial charge in [-0.05, 0) is 6.42 Å². The summed E-state index contributed by atoms with van der Waals surface area (Å²) in [6.45, 7) is 2.89. The number of carbonyl (C=O) groups is 2. The zero-order valence-corrected chi connectivity index (χ0v) is 18.5. The van der Waals surface area contributed by atoms with E-state index < -0.39 is 11.9 Å². The molecule has 0 spiro atoms. The van der Waals surface area contributed by atoms with Gasteiger partial charge in [0.05, 0.1) is 6.54 Å². The van der Waals surface area contributed by atoms with Gasteiger partial charge in [0.15, 0.2) is 18.9 Å². The molecule has 1 heterocycles. The van der Waals surface area contributed by atoms with Gasteiger partial charge in [-0.15, -0.1) is 0 Å². The molecule has 0 aromatic rings. The van der Waals surface area contributed by atoms with Crippen molar-refractivity contribution in [2.75, 3.05) is 26.2 Å². The van der Waals surface area contributed by atoms with E-state index in [2.05, 4.69) is 11.9 Å². The first-order valence-electron chi connectivity index (χ1n) is 9.34. The van der Waals surface area contributed by atoms with Gasteiger partial charge >= 0.3 is 11.9 Å². The summed E-state index contributed by atoms with van der Waals surface area (Å²) >= 11 is 0. The summed E-state index contributed by atoms with van der Waals surface area (Å²) in [6.07, 6.45) is 11.8. The van der Waals surface area contributed by atoms with E-state index in [1.165, 1.54) is 44.9 Å². The first-order chi connectivity index (χ1) is 11.5. The number of rotatable bonds is 14. The quantitative estimate of drug-likeness (QED) is 0.273. The number of aliphatic carboxylic acids is 2. The Morgan fingerprint density at radius 1 is 0.923 bits per heavy atom. The SMILES string of the molecule is CCCCCCCCCCCC1=NCC[N+]1(CC(=O)O)CC(=O)O.[Na].[OH-]. The van der Waals surface area contributed by atoms with E-state index in [0.717, 1.165) is 25.1 Å². The molecule has 0 aromatic carbocycles. The zero-order valence-electron chi connectivity index (χ0n) is 16.5. The van der Waals surface area contributed by atoms with Gasteiger partial charge < -0.3 is 15.7 Å². The molecule has 1 aliphatic heterocycles. The van der Waals surface area contributed by atoms with E-state index >= 15 is 0 Å². The summed E-state index contributed by atoms with van der Waals surface area (Å²) in [5.41, 5.74) is 0. The van der Waals surface area contributed by atoms with Gasteiger partial charge in [-0.3, -0.25) is 4.48 Å². The maximum atomic E-state index is 11.1. The Labute approximate surface area is 179 Å². The van der Waals surface area contributed by atoms with Crippen LogP contribution >= 0.6 is 0 Å². The maximum absolute atomic E-state index is 11.1. The average Bonchev–Trinajstić information content (AvgIpc) is 2.86. The van der Waals surface area contributed by atoms with E-state index in [1.807, 2.05) is 0 Å². The van der Waals surface area contributed by atoms with Crippen molar-refractivity contribution >= 4 is 47.3 Å². The predicted molar refractivity (Wildman–Crippen MR) is 102 cm³/mol. The number of carboxylic acid groups (broad SMARTS) is 2. The van der Waals surface area contributed by atoms with E-state index in [1.54, 1.807) is 0 Å².